The van der Waals surface area contributed by atoms with Crippen LogP contribution in [-0.2, 0) is 9.84 Å². The first kappa shape index (κ1) is 17.7. The normalized spacial score (nSPS) is 11.5. The number of ether oxygens (including phenoxy) is 1. The summed E-state index contributed by atoms with van der Waals surface area (Å²) in [7, 11) is -2.40. The van der Waals surface area contributed by atoms with Crippen molar-refractivity contribution < 1.29 is 17.9 Å². The molecule has 0 aliphatic heterocycles. The molecule has 0 fully saturated rings. The number of rotatable bonds is 4. The van der Waals surface area contributed by atoms with E-state index in [1.165, 1.54) is 37.6 Å². The summed E-state index contributed by atoms with van der Waals surface area (Å²) in [6, 6.07) is 10.4. The second kappa shape index (κ2) is 6.63. The summed E-state index contributed by atoms with van der Waals surface area (Å²) in [6.45, 7) is 0. The van der Waals surface area contributed by atoms with Crippen molar-refractivity contribution in [3.05, 3.63) is 59.2 Å². The second-order valence-corrected chi connectivity index (χ2v) is 7.76. The van der Waals surface area contributed by atoms with Crippen molar-refractivity contribution in [3.8, 4) is 5.75 Å². The first-order valence-electron chi connectivity index (χ1n) is 7.02. The van der Waals surface area contributed by atoms with Gasteiger partial charge in [0.1, 0.15) is 10.6 Å². The van der Waals surface area contributed by atoms with Crippen LogP contribution >= 0.6 is 23.2 Å². The molecular formula is C17H11Cl2NO4S. The quantitative estimate of drug-likeness (QED) is 0.621. The molecule has 0 N–H and O–H groups in total. The number of nitrogens with zero attached hydrogens (tertiary/aromatic N) is 1. The molecule has 3 rings (SSSR count). The molecule has 0 unspecified atom stereocenters. The lowest BCUT2D eigenvalue weighted by molar-refractivity contribution is 0.108. The van der Waals surface area contributed by atoms with E-state index in [-0.39, 0.29) is 20.4 Å². The summed E-state index contributed by atoms with van der Waals surface area (Å²) in [5.41, 5.74) is 0.664. The average molecular weight is 396 g/mol. The number of methoxy groups -OCH3 is 1. The lowest BCUT2D eigenvalue weighted by Crippen LogP contribution is -2.04. The molecule has 0 aliphatic carbocycles. The third kappa shape index (κ3) is 3.20. The summed E-state index contributed by atoms with van der Waals surface area (Å²) in [6.07, 6.45) is 1.20. The van der Waals surface area contributed by atoms with E-state index in [2.05, 4.69) is 4.98 Å². The Labute approximate surface area is 154 Å². The predicted molar refractivity (Wildman–Crippen MR) is 95.4 cm³/mol. The van der Waals surface area contributed by atoms with E-state index in [4.69, 9.17) is 27.9 Å². The lowest BCUT2D eigenvalue weighted by Gasteiger charge is -2.10. The average Bonchev–Trinajstić information content (AvgIpc) is 2.61. The van der Waals surface area contributed by atoms with Gasteiger partial charge < -0.3 is 4.74 Å². The number of aromatic nitrogens is 1. The fourth-order valence-corrected chi connectivity index (χ4v) is 4.24. The minimum absolute atomic E-state index is 0.0133. The molecule has 0 radical (unpaired) electrons. The van der Waals surface area contributed by atoms with Crippen molar-refractivity contribution in [3.63, 3.8) is 0 Å². The van der Waals surface area contributed by atoms with Crippen LogP contribution in [0.3, 0.4) is 0 Å². The molecule has 8 heteroatoms. The van der Waals surface area contributed by atoms with Crippen LogP contribution in [0.5, 0.6) is 5.75 Å². The largest absolute Gasteiger partial charge is 0.497 e. The van der Waals surface area contributed by atoms with Gasteiger partial charge in [-0.15, -0.1) is 0 Å². The van der Waals surface area contributed by atoms with Gasteiger partial charge in [-0.3, -0.25) is 9.78 Å². The molecule has 2 aromatic carbocycles. The summed E-state index contributed by atoms with van der Waals surface area (Å²) in [5.74, 6) is 0.534. The highest BCUT2D eigenvalue weighted by Crippen LogP contribution is 2.33. The zero-order chi connectivity index (χ0) is 18.2. The molecule has 0 spiro atoms. The number of carbonyl (C=O) groups excluding carboxylic acids is 1. The molecule has 0 saturated carbocycles. The van der Waals surface area contributed by atoms with Crippen LogP contribution in [0.25, 0.3) is 10.9 Å². The smallest absolute Gasteiger partial charge is 0.252 e. The maximum Gasteiger partial charge on any atom is 0.252 e. The second-order valence-electron chi connectivity index (χ2n) is 5.12. The van der Waals surface area contributed by atoms with Gasteiger partial charge >= 0.3 is 0 Å². The van der Waals surface area contributed by atoms with E-state index in [9.17, 15) is 13.2 Å². The van der Waals surface area contributed by atoms with E-state index < -0.39 is 15.1 Å². The van der Waals surface area contributed by atoms with Gasteiger partial charge in [-0.05, 0) is 54.1 Å². The van der Waals surface area contributed by atoms with Crippen LogP contribution in [0.15, 0.2) is 58.5 Å². The molecule has 0 amide bonds. The van der Waals surface area contributed by atoms with Crippen molar-refractivity contribution in [1.29, 1.82) is 0 Å². The van der Waals surface area contributed by atoms with Gasteiger partial charge in [0.25, 0.3) is 5.24 Å². The van der Waals surface area contributed by atoms with Crippen LogP contribution in [0, 0.1) is 0 Å². The van der Waals surface area contributed by atoms with E-state index in [1.807, 2.05) is 0 Å². The Morgan fingerprint density at radius 2 is 1.80 bits per heavy atom. The topological polar surface area (TPSA) is 73.3 Å². The Balaban J connectivity index is 2.19. The molecular weight excluding hydrogens is 385 g/mol. The van der Waals surface area contributed by atoms with Gasteiger partial charge in [-0.1, -0.05) is 11.6 Å². The number of benzene rings is 2. The van der Waals surface area contributed by atoms with Crippen LogP contribution in [0.1, 0.15) is 10.4 Å². The first-order chi connectivity index (χ1) is 11.8. The van der Waals surface area contributed by atoms with Gasteiger partial charge in [-0.2, -0.15) is 0 Å². The maximum absolute atomic E-state index is 12.9. The van der Waals surface area contributed by atoms with E-state index in [0.29, 0.717) is 16.7 Å². The Kier molecular flexibility index (Phi) is 4.69. The lowest BCUT2D eigenvalue weighted by atomic mass is 10.1. The standard InChI is InChI=1S/C17H11Cl2NO4S/c1-24-11-3-5-12(6-4-11)25(22,23)15-9-20-14-7-2-10(17(19)21)8-13(14)16(15)18/h2-9H,1H3. The van der Waals surface area contributed by atoms with Crippen molar-refractivity contribution >= 4 is 49.2 Å². The third-order valence-electron chi connectivity index (χ3n) is 3.66. The van der Waals surface area contributed by atoms with E-state index in [0.717, 1.165) is 0 Å². The van der Waals surface area contributed by atoms with Crippen LogP contribution in [-0.4, -0.2) is 25.8 Å². The van der Waals surface area contributed by atoms with Crippen molar-refractivity contribution in [2.75, 3.05) is 7.11 Å². The third-order valence-corrected chi connectivity index (χ3v) is 6.18. The minimum atomic E-state index is -3.89. The van der Waals surface area contributed by atoms with Crippen LogP contribution in [0.2, 0.25) is 5.02 Å². The minimum Gasteiger partial charge on any atom is -0.497 e. The predicted octanol–water partition coefficient (Wildman–Crippen LogP) is 4.11. The highest BCUT2D eigenvalue weighted by atomic mass is 35.5. The van der Waals surface area contributed by atoms with Gasteiger partial charge in [0.05, 0.1) is 22.5 Å². The summed E-state index contributed by atoms with van der Waals surface area (Å²) < 4.78 is 30.7. The zero-order valence-corrected chi connectivity index (χ0v) is 15.2. The number of carbonyl (C=O) groups is 1. The molecule has 0 atom stereocenters. The number of pyridine rings is 1. The van der Waals surface area contributed by atoms with Gasteiger partial charge in [0.2, 0.25) is 9.84 Å². The number of sulfone groups is 1. The highest BCUT2D eigenvalue weighted by molar-refractivity contribution is 7.91. The molecule has 1 heterocycles. The van der Waals surface area contributed by atoms with Crippen molar-refractivity contribution in [2.24, 2.45) is 0 Å². The van der Waals surface area contributed by atoms with E-state index >= 15 is 0 Å². The SMILES string of the molecule is COc1ccc(S(=O)(=O)c2cnc3ccc(C(=O)Cl)cc3c2Cl)cc1. The van der Waals surface area contributed by atoms with Crippen LogP contribution in [0.4, 0.5) is 0 Å². The maximum atomic E-state index is 12.9. The van der Waals surface area contributed by atoms with Crippen molar-refractivity contribution in [2.45, 2.75) is 9.79 Å². The van der Waals surface area contributed by atoms with Crippen LogP contribution < -0.4 is 4.74 Å². The van der Waals surface area contributed by atoms with Gasteiger partial charge in [0, 0.05) is 17.1 Å². The molecule has 1 aromatic heterocycles. The molecule has 5 nitrogen and oxygen atoms in total. The fraction of sp³-hybridized carbons (Fsp3) is 0.0588. The summed E-state index contributed by atoms with van der Waals surface area (Å²) >= 11 is 11.8. The van der Waals surface area contributed by atoms with E-state index in [1.54, 1.807) is 18.2 Å². The van der Waals surface area contributed by atoms with Gasteiger partial charge in [-0.25, -0.2) is 8.42 Å². The molecule has 128 valence electrons. The summed E-state index contributed by atoms with van der Waals surface area (Å²) in [4.78, 5) is 15.4. The number of halogens is 2. The molecule has 0 saturated heterocycles. The number of fused-ring (bicyclic) bond motifs is 1. The fourth-order valence-electron chi connectivity index (χ4n) is 2.33. The monoisotopic (exact) mass is 395 g/mol. The van der Waals surface area contributed by atoms with Gasteiger partial charge in [0.15, 0.2) is 0 Å². The molecule has 3 aromatic rings. The Bertz CT molecular complexity index is 1080. The summed E-state index contributed by atoms with van der Waals surface area (Å²) in [5, 5.41) is -0.343. The number of hydrogen-bond donors (Lipinski definition) is 0. The molecule has 0 bridgehead atoms. The molecule has 0 aliphatic rings. The number of hydrogen-bond acceptors (Lipinski definition) is 5. The van der Waals surface area contributed by atoms with Crippen molar-refractivity contribution in [1.82, 2.24) is 4.98 Å². The Morgan fingerprint density at radius 3 is 2.40 bits per heavy atom. The first-order valence-corrected chi connectivity index (χ1v) is 9.26. The Hall–Kier alpha value is -2.15. The highest BCUT2D eigenvalue weighted by Gasteiger charge is 2.23. The zero-order valence-electron chi connectivity index (χ0n) is 12.9. The molecule has 25 heavy (non-hydrogen) atoms. The Morgan fingerprint density at radius 1 is 1.12 bits per heavy atom.